The standard InChI is InChI=1S/C17H28FN/c1-5-14(4)9-16(12-19-13(2)3)10-15-7-6-8-17(18)11-15/h6-8,11,13-14,16,19H,5,9-10,12H2,1-4H3. The minimum absolute atomic E-state index is 0.128. The van der Waals surface area contributed by atoms with Crippen LogP contribution in [0.1, 0.15) is 46.1 Å². The van der Waals surface area contributed by atoms with Crippen LogP contribution in [0.3, 0.4) is 0 Å². The zero-order valence-corrected chi connectivity index (χ0v) is 12.7. The zero-order valence-electron chi connectivity index (χ0n) is 12.7. The van der Waals surface area contributed by atoms with Crippen LogP contribution in [-0.2, 0) is 6.42 Å². The molecule has 108 valence electrons. The third kappa shape index (κ3) is 6.72. The smallest absolute Gasteiger partial charge is 0.123 e. The molecular formula is C17H28FN. The lowest BCUT2D eigenvalue weighted by Gasteiger charge is -2.22. The van der Waals surface area contributed by atoms with Crippen LogP contribution in [0.4, 0.5) is 4.39 Å². The molecule has 1 aromatic rings. The van der Waals surface area contributed by atoms with Crippen molar-refractivity contribution in [3.05, 3.63) is 35.6 Å². The number of nitrogens with one attached hydrogen (secondary N) is 1. The summed E-state index contributed by atoms with van der Waals surface area (Å²) in [5, 5.41) is 3.52. The average Bonchev–Trinajstić information content (AvgIpc) is 2.35. The SMILES string of the molecule is CCC(C)CC(CNC(C)C)Cc1cccc(F)c1. The first kappa shape index (κ1) is 16.2. The van der Waals surface area contributed by atoms with Crippen LogP contribution >= 0.6 is 0 Å². The Hall–Kier alpha value is -0.890. The number of hydrogen-bond donors (Lipinski definition) is 1. The van der Waals surface area contributed by atoms with Crippen molar-refractivity contribution >= 4 is 0 Å². The molecule has 1 rings (SSSR count). The van der Waals surface area contributed by atoms with E-state index in [1.165, 1.54) is 18.9 Å². The molecule has 0 aliphatic rings. The first-order valence-corrected chi connectivity index (χ1v) is 7.49. The van der Waals surface area contributed by atoms with Gasteiger partial charge in [-0.2, -0.15) is 0 Å². The fourth-order valence-corrected chi connectivity index (χ4v) is 2.37. The van der Waals surface area contributed by atoms with E-state index in [1.54, 1.807) is 12.1 Å². The van der Waals surface area contributed by atoms with Crippen molar-refractivity contribution < 1.29 is 4.39 Å². The number of rotatable bonds is 8. The largest absolute Gasteiger partial charge is 0.314 e. The number of halogens is 1. The van der Waals surface area contributed by atoms with E-state index >= 15 is 0 Å². The van der Waals surface area contributed by atoms with Crippen LogP contribution in [-0.4, -0.2) is 12.6 Å². The maximum absolute atomic E-state index is 13.2. The van der Waals surface area contributed by atoms with Gasteiger partial charge in [-0.3, -0.25) is 0 Å². The summed E-state index contributed by atoms with van der Waals surface area (Å²) >= 11 is 0. The second-order valence-electron chi connectivity index (χ2n) is 6.01. The van der Waals surface area contributed by atoms with Gasteiger partial charge in [-0.05, 0) is 48.9 Å². The first-order chi connectivity index (χ1) is 9.01. The van der Waals surface area contributed by atoms with E-state index in [-0.39, 0.29) is 5.82 Å². The van der Waals surface area contributed by atoms with E-state index < -0.39 is 0 Å². The van der Waals surface area contributed by atoms with Crippen LogP contribution < -0.4 is 5.32 Å². The summed E-state index contributed by atoms with van der Waals surface area (Å²) < 4.78 is 13.2. The Labute approximate surface area is 117 Å². The van der Waals surface area contributed by atoms with Gasteiger partial charge in [0.25, 0.3) is 0 Å². The minimum Gasteiger partial charge on any atom is -0.314 e. The molecule has 0 spiro atoms. The number of hydrogen-bond acceptors (Lipinski definition) is 1. The molecule has 0 fully saturated rings. The minimum atomic E-state index is -0.128. The van der Waals surface area contributed by atoms with E-state index in [0.29, 0.717) is 12.0 Å². The normalized spacial score (nSPS) is 14.6. The van der Waals surface area contributed by atoms with Crippen LogP contribution in [0, 0.1) is 17.7 Å². The van der Waals surface area contributed by atoms with Gasteiger partial charge < -0.3 is 5.32 Å². The van der Waals surface area contributed by atoms with Crippen LogP contribution in [0.25, 0.3) is 0 Å². The molecule has 0 heterocycles. The van der Waals surface area contributed by atoms with Gasteiger partial charge in [-0.1, -0.05) is 46.2 Å². The predicted molar refractivity (Wildman–Crippen MR) is 80.8 cm³/mol. The summed E-state index contributed by atoms with van der Waals surface area (Å²) in [6.07, 6.45) is 3.37. The lowest BCUT2D eigenvalue weighted by atomic mass is 9.89. The Kier molecular flexibility index (Phi) is 7.07. The highest BCUT2D eigenvalue weighted by atomic mass is 19.1. The molecule has 0 radical (unpaired) electrons. The van der Waals surface area contributed by atoms with Crippen molar-refractivity contribution in [1.29, 1.82) is 0 Å². The van der Waals surface area contributed by atoms with Crippen molar-refractivity contribution in [2.45, 2.75) is 53.0 Å². The Morgan fingerprint density at radius 2 is 1.95 bits per heavy atom. The third-order valence-corrected chi connectivity index (χ3v) is 3.66. The molecule has 1 aromatic carbocycles. The fourth-order valence-electron chi connectivity index (χ4n) is 2.37. The van der Waals surface area contributed by atoms with Crippen molar-refractivity contribution in [1.82, 2.24) is 5.32 Å². The van der Waals surface area contributed by atoms with E-state index in [4.69, 9.17) is 0 Å². The van der Waals surface area contributed by atoms with Crippen molar-refractivity contribution in [3.8, 4) is 0 Å². The highest BCUT2D eigenvalue weighted by Crippen LogP contribution is 2.19. The fraction of sp³-hybridized carbons (Fsp3) is 0.647. The molecule has 2 atom stereocenters. The Morgan fingerprint density at radius 3 is 2.53 bits per heavy atom. The average molecular weight is 265 g/mol. The molecule has 0 bridgehead atoms. The van der Waals surface area contributed by atoms with E-state index in [0.717, 1.165) is 24.4 Å². The molecule has 0 saturated carbocycles. The van der Waals surface area contributed by atoms with Gasteiger partial charge in [0, 0.05) is 6.04 Å². The maximum Gasteiger partial charge on any atom is 0.123 e. The maximum atomic E-state index is 13.2. The Balaban J connectivity index is 2.61. The molecule has 2 unspecified atom stereocenters. The highest BCUT2D eigenvalue weighted by Gasteiger charge is 2.14. The van der Waals surface area contributed by atoms with E-state index in [2.05, 4.69) is 33.0 Å². The topological polar surface area (TPSA) is 12.0 Å². The van der Waals surface area contributed by atoms with Gasteiger partial charge in [-0.25, -0.2) is 4.39 Å². The summed E-state index contributed by atoms with van der Waals surface area (Å²) in [4.78, 5) is 0. The Morgan fingerprint density at radius 1 is 1.21 bits per heavy atom. The predicted octanol–water partition coefficient (Wildman–Crippen LogP) is 4.42. The van der Waals surface area contributed by atoms with Gasteiger partial charge in [0.1, 0.15) is 5.82 Å². The molecule has 0 saturated heterocycles. The van der Waals surface area contributed by atoms with Crippen LogP contribution in [0.15, 0.2) is 24.3 Å². The van der Waals surface area contributed by atoms with Crippen molar-refractivity contribution in [2.75, 3.05) is 6.54 Å². The lowest BCUT2D eigenvalue weighted by Crippen LogP contribution is -2.30. The first-order valence-electron chi connectivity index (χ1n) is 7.49. The molecule has 0 amide bonds. The van der Waals surface area contributed by atoms with Gasteiger partial charge in [0.15, 0.2) is 0 Å². The van der Waals surface area contributed by atoms with E-state index in [9.17, 15) is 4.39 Å². The van der Waals surface area contributed by atoms with Crippen LogP contribution in [0.5, 0.6) is 0 Å². The monoisotopic (exact) mass is 265 g/mol. The second kappa shape index (κ2) is 8.31. The zero-order chi connectivity index (χ0) is 14.3. The molecule has 19 heavy (non-hydrogen) atoms. The second-order valence-corrected chi connectivity index (χ2v) is 6.01. The van der Waals surface area contributed by atoms with Gasteiger partial charge >= 0.3 is 0 Å². The third-order valence-electron chi connectivity index (χ3n) is 3.66. The summed E-state index contributed by atoms with van der Waals surface area (Å²) in [5.74, 6) is 1.18. The molecule has 1 N–H and O–H groups in total. The van der Waals surface area contributed by atoms with Crippen molar-refractivity contribution in [3.63, 3.8) is 0 Å². The molecular weight excluding hydrogens is 237 g/mol. The highest BCUT2D eigenvalue weighted by molar-refractivity contribution is 5.16. The van der Waals surface area contributed by atoms with Gasteiger partial charge in [-0.15, -0.1) is 0 Å². The van der Waals surface area contributed by atoms with Crippen molar-refractivity contribution in [2.24, 2.45) is 11.8 Å². The molecule has 0 aliphatic carbocycles. The quantitative estimate of drug-likeness (QED) is 0.733. The summed E-state index contributed by atoms with van der Waals surface area (Å²) in [6, 6.07) is 7.52. The van der Waals surface area contributed by atoms with E-state index in [1.807, 2.05) is 6.07 Å². The molecule has 1 nitrogen and oxygen atoms in total. The summed E-state index contributed by atoms with van der Waals surface area (Å²) in [7, 11) is 0. The summed E-state index contributed by atoms with van der Waals surface area (Å²) in [6.45, 7) is 9.89. The molecule has 2 heteroatoms. The lowest BCUT2D eigenvalue weighted by molar-refractivity contribution is 0.353. The number of benzene rings is 1. The Bertz CT molecular complexity index is 362. The molecule has 0 aliphatic heterocycles. The van der Waals surface area contributed by atoms with Crippen LogP contribution in [0.2, 0.25) is 0 Å². The summed E-state index contributed by atoms with van der Waals surface area (Å²) in [5.41, 5.74) is 1.11. The molecule has 0 aromatic heterocycles. The van der Waals surface area contributed by atoms with Gasteiger partial charge in [0.05, 0.1) is 0 Å². The van der Waals surface area contributed by atoms with Gasteiger partial charge in [0.2, 0.25) is 0 Å².